The summed E-state index contributed by atoms with van der Waals surface area (Å²) in [4.78, 5) is 23.4. The Morgan fingerprint density at radius 3 is 3.04 bits per heavy atom. The van der Waals surface area contributed by atoms with E-state index in [9.17, 15) is 10.1 Å². The van der Waals surface area contributed by atoms with E-state index in [1.54, 1.807) is 12.3 Å². The number of nitrogens with one attached hydrogen (secondary N) is 1. The van der Waals surface area contributed by atoms with E-state index in [-0.39, 0.29) is 18.0 Å². The first kappa shape index (κ1) is 17.4. The summed E-state index contributed by atoms with van der Waals surface area (Å²) in [5, 5.41) is 13.3. The lowest BCUT2D eigenvalue weighted by Crippen LogP contribution is -2.35. The van der Waals surface area contributed by atoms with Gasteiger partial charge in [-0.05, 0) is 42.5 Å². The second-order valence-electron chi connectivity index (χ2n) is 7.46. The van der Waals surface area contributed by atoms with Crippen molar-refractivity contribution in [3.05, 3.63) is 51.3 Å². The van der Waals surface area contributed by atoms with Gasteiger partial charge in [0, 0.05) is 23.9 Å². The lowest BCUT2D eigenvalue weighted by Gasteiger charge is -2.21. The highest BCUT2D eigenvalue weighted by Gasteiger charge is 2.36. The first-order valence-corrected chi connectivity index (χ1v) is 9.72. The van der Waals surface area contributed by atoms with Crippen molar-refractivity contribution in [3.63, 3.8) is 0 Å². The number of anilines is 1. The van der Waals surface area contributed by atoms with E-state index >= 15 is 0 Å². The van der Waals surface area contributed by atoms with Gasteiger partial charge in [-0.2, -0.15) is 5.26 Å². The molecule has 3 heterocycles. The molecule has 2 aromatic rings. The number of amides is 1. The summed E-state index contributed by atoms with van der Waals surface area (Å²) < 4.78 is 5.41. The van der Waals surface area contributed by atoms with Gasteiger partial charge in [0.25, 0.3) is 5.91 Å². The Bertz CT molecular complexity index is 1010. The van der Waals surface area contributed by atoms with Crippen LogP contribution in [0.4, 0.5) is 5.95 Å². The fraction of sp³-hybridized carbons (Fsp3) is 0.400. The quantitative estimate of drug-likeness (QED) is 0.857. The number of carbonyl (C=O) groups is 1. The largest absolute Gasteiger partial charge is 0.379 e. The van der Waals surface area contributed by atoms with Crippen molar-refractivity contribution in [2.24, 2.45) is 0 Å². The van der Waals surface area contributed by atoms with Gasteiger partial charge in [0.15, 0.2) is 0 Å². The fourth-order valence-electron chi connectivity index (χ4n) is 4.32. The van der Waals surface area contributed by atoms with Crippen LogP contribution in [0.3, 0.4) is 0 Å². The molecule has 1 aromatic carbocycles. The molecule has 3 aliphatic rings. The van der Waals surface area contributed by atoms with E-state index in [1.807, 2.05) is 11.0 Å². The number of ether oxygens (including phenoxy) is 1. The monoisotopic (exact) mass is 395 g/mol. The van der Waals surface area contributed by atoms with Gasteiger partial charge in [-0.1, -0.05) is 11.6 Å². The maximum absolute atomic E-state index is 12.6. The standard InChI is InChI=1S/C20H18ClN5O2/c21-13-3-11-5-14(6-16(11)12(4-13)7-22)24-20-23-8-17-18(25-20)9-26(19(17)27)15-1-2-28-10-15/h3-4,8,14-15H,1-2,5-6,9-10H2,(H,23,24,25). The number of carbonyl (C=O) groups excluding carboxylic acids is 1. The molecular weight excluding hydrogens is 378 g/mol. The molecule has 142 valence electrons. The molecule has 1 fully saturated rings. The van der Waals surface area contributed by atoms with Crippen LogP contribution in [0.25, 0.3) is 0 Å². The predicted octanol–water partition coefficient (Wildman–Crippen LogP) is 2.33. The van der Waals surface area contributed by atoms with Crippen molar-refractivity contribution in [3.8, 4) is 6.07 Å². The minimum Gasteiger partial charge on any atom is -0.379 e. The predicted molar refractivity (Wildman–Crippen MR) is 102 cm³/mol. The third kappa shape index (κ3) is 2.89. The van der Waals surface area contributed by atoms with E-state index in [4.69, 9.17) is 16.3 Å². The average molecular weight is 396 g/mol. The molecule has 1 aromatic heterocycles. The van der Waals surface area contributed by atoms with Gasteiger partial charge >= 0.3 is 0 Å². The highest BCUT2D eigenvalue weighted by Crippen LogP contribution is 2.31. The van der Waals surface area contributed by atoms with Crippen LogP contribution in [-0.2, 0) is 24.1 Å². The molecule has 0 spiro atoms. The number of fused-ring (bicyclic) bond motifs is 2. The summed E-state index contributed by atoms with van der Waals surface area (Å²) >= 11 is 6.12. The maximum Gasteiger partial charge on any atom is 0.258 e. The van der Waals surface area contributed by atoms with Crippen LogP contribution in [-0.4, -0.2) is 46.1 Å². The Morgan fingerprint density at radius 1 is 1.36 bits per heavy atom. The summed E-state index contributed by atoms with van der Waals surface area (Å²) in [5.74, 6) is 0.497. The molecule has 0 radical (unpaired) electrons. The number of rotatable bonds is 3. The van der Waals surface area contributed by atoms with Crippen LogP contribution in [0.15, 0.2) is 18.3 Å². The van der Waals surface area contributed by atoms with Gasteiger partial charge in [-0.15, -0.1) is 0 Å². The Balaban J connectivity index is 1.33. The normalized spacial score (nSPS) is 22.9. The summed E-state index contributed by atoms with van der Waals surface area (Å²) in [6.45, 7) is 1.78. The van der Waals surface area contributed by atoms with Crippen LogP contribution in [0.2, 0.25) is 5.02 Å². The first-order chi connectivity index (χ1) is 13.6. The zero-order valence-corrected chi connectivity index (χ0v) is 15.9. The van der Waals surface area contributed by atoms with Crippen molar-refractivity contribution in [2.75, 3.05) is 18.5 Å². The Kier molecular flexibility index (Phi) is 4.18. The highest BCUT2D eigenvalue weighted by molar-refractivity contribution is 6.30. The maximum atomic E-state index is 12.6. The van der Waals surface area contributed by atoms with Gasteiger partial charge in [0.05, 0.1) is 42.1 Å². The third-order valence-electron chi connectivity index (χ3n) is 5.70. The molecule has 1 amide bonds. The molecule has 2 unspecified atom stereocenters. The second-order valence-corrected chi connectivity index (χ2v) is 7.89. The summed E-state index contributed by atoms with van der Waals surface area (Å²) in [7, 11) is 0. The van der Waals surface area contributed by atoms with Crippen LogP contribution in [0.1, 0.15) is 39.2 Å². The summed E-state index contributed by atoms with van der Waals surface area (Å²) in [6, 6.07) is 6.07. The van der Waals surface area contributed by atoms with E-state index in [0.29, 0.717) is 41.9 Å². The topological polar surface area (TPSA) is 91.1 Å². The van der Waals surface area contributed by atoms with Crippen molar-refractivity contribution in [2.45, 2.75) is 37.9 Å². The Hall–Kier alpha value is -2.69. The van der Waals surface area contributed by atoms with Crippen molar-refractivity contribution >= 4 is 23.5 Å². The number of nitriles is 1. The number of halogens is 1. The van der Waals surface area contributed by atoms with E-state index in [0.717, 1.165) is 36.1 Å². The Morgan fingerprint density at radius 2 is 2.25 bits per heavy atom. The smallest absolute Gasteiger partial charge is 0.258 e. The van der Waals surface area contributed by atoms with Crippen LogP contribution < -0.4 is 5.32 Å². The van der Waals surface area contributed by atoms with Gasteiger partial charge < -0.3 is 15.0 Å². The SMILES string of the molecule is N#Cc1cc(Cl)cc2c1CC(Nc1ncc3c(n1)CN(C1CCOC1)C3=O)C2. The molecule has 1 N–H and O–H groups in total. The number of hydrogen-bond acceptors (Lipinski definition) is 6. The van der Waals surface area contributed by atoms with Crippen molar-refractivity contribution < 1.29 is 9.53 Å². The molecule has 2 atom stereocenters. The molecule has 2 aliphatic heterocycles. The van der Waals surface area contributed by atoms with Gasteiger partial charge in [-0.3, -0.25) is 4.79 Å². The van der Waals surface area contributed by atoms with Crippen molar-refractivity contribution in [1.29, 1.82) is 5.26 Å². The highest BCUT2D eigenvalue weighted by atomic mass is 35.5. The molecule has 0 saturated carbocycles. The molecule has 1 aliphatic carbocycles. The minimum absolute atomic E-state index is 0.0152. The second kappa shape index (κ2) is 6.73. The first-order valence-electron chi connectivity index (χ1n) is 9.35. The summed E-state index contributed by atoms with van der Waals surface area (Å²) in [6.07, 6.45) is 3.96. The van der Waals surface area contributed by atoms with Gasteiger partial charge in [-0.25, -0.2) is 9.97 Å². The molecule has 0 bridgehead atoms. The lowest BCUT2D eigenvalue weighted by molar-refractivity contribution is 0.0678. The number of benzene rings is 1. The van der Waals surface area contributed by atoms with Crippen LogP contribution in [0.5, 0.6) is 0 Å². The molecule has 5 rings (SSSR count). The molecule has 28 heavy (non-hydrogen) atoms. The zero-order valence-electron chi connectivity index (χ0n) is 15.1. The minimum atomic E-state index is -0.0152. The lowest BCUT2D eigenvalue weighted by atomic mass is 10.0. The number of hydrogen-bond donors (Lipinski definition) is 1. The molecule has 7 nitrogen and oxygen atoms in total. The molecule has 8 heteroatoms. The molecule has 1 saturated heterocycles. The van der Waals surface area contributed by atoms with Crippen molar-refractivity contribution in [1.82, 2.24) is 14.9 Å². The number of aromatic nitrogens is 2. The van der Waals surface area contributed by atoms with Crippen LogP contribution >= 0.6 is 11.6 Å². The summed E-state index contributed by atoms with van der Waals surface area (Å²) in [5.41, 5.74) is 4.08. The van der Waals surface area contributed by atoms with Gasteiger partial charge in [0.1, 0.15) is 0 Å². The Labute approximate surface area is 167 Å². The average Bonchev–Trinajstić information content (AvgIpc) is 3.40. The number of nitrogens with zero attached hydrogens (tertiary/aromatic N) is 4. The zero-order chi connectivity index (χ0) is 19.3. The van der Waals surface area contributed by atoms with E-state index in [2.05, 4.69) is 21.4 Å². The third-order valence-corrected chi connectivity index (χ3v) is 5.92. The van der Waals surface area contributed by atoms with Gasteiger partial charge in [0.2, 0.25) is 5.95 Å². The van der Waals surface area contributed by atoms with Crippen LogP contribution in [0, 0.1) is 11.3 Å². The fourth-order valence-corrected chi connectivity index (χ4v) is 4.56. The van der Waals surface area contributed by atoms with E-state index < -0.39 is 0 Å². The van der Waals surface area contributed by atoms with E-state index in [1.165, 1.54) is 0 Å². The molecular formula is C20H18ClN5O2.